The van der Waals surface area contributed by atoms with Crippen molar-refractivity contribution < 1.29 is 4.39 Å². The van der Waals surface area contributed by atoms with Gasteiger partial charge >= 0.3 is 0 Å². The first-order valence-electron chi connectivity index (χ1n) is 7.90. The highest BCUT2D eigenvalue weighted by molar-refractivity contribution is 7.99. The second kappa shape index (κ2) is 8.68. The smallest absolute Gasteiger partial charge is 0.123 e. The second-order valence-corrected chi connectivity index (χ2v) is 6.99. The fourth-order valence-electron chi connectivity index (χ4n) is 2.78. The standard InChI is InChI=1S/C17H26FNS/c1-2-11-19-17(14-7-6-8-15(18)12-14)13-20-16-9-4-3-5-10-16/h6-8,12,16-17,19H,2-5,9-11,13H2,1H3. The van der Waals surface area contributed by atoms with Crippen LogP contribution in [0.2, 0.25) is 0 Å². The molecule has 0 radical (unpaired) electrons. The summed E-state index contributed by atoms with van der Waals surface area (Å²) in [7, 11) is 0. The summed E-state index contributed by atoms with van der Waals surface area (Å²) >= 11 is 2.07. The largest absolute Gasteiger partial charge is 0.309 e. The summed E-state index contributed by atoms with van der Waals surface area (Å²) in [5, 5.41) is 4.37. The van der Waals surface area contributed by atoms with Gasteiger partial charge in [0.1, 0.15) is 5.82 Å². The molecule has 3 heteroatoms. The minimum Gasteiger partial charge on any atom is -0.309 e. The van der Waals surface area contributed by atoms with Crippen LogP contribution in [0.3, 0.4) is 0 Å². The van der Waals surface area contributed by atoms with E-state index in [1.54, 1.807) is 6.07 Å². The summed E-state index contributed by atoms with van der Waals surface area (Å²) in [6.45, 7) is 3.16. The molecule has 1 aliphatic rings. The Morgan fingerprint density at radius 2 is 2.10 bits per heavy atom. The van der Waals surface area contributed by atoms with Crippen LogP contribution in [0, 0.1) is 5.82 Å². The molecule has 2 rings (SSSR count). The van der Waals surface area contributed by atoms with Gasteiger partial charge in [0.2, 0.25) is 0 Å². The quantitative estimate of drug-likeness (QED) is 0.765. The highest BCUT2D eigenvalue weighted by Gasteiger charge is 2.17. The van der Waals surface area contributed by atoms with E-state index in [4.69, 9.17) is 0 Å². The van der Waals surface area contributed by atoms with Gasteiger partial charge in [0.25, 0.3) is 0 Å². The maximum Gasteiger partial charge on any atom is 0.123 e. The van der Waals surface area contributed by atoms with Crippen molar-refractivity contribution in [3.8, 4) is 0 Å². The Labute approximate surface area is 126 Å². The van der Waals surface area contributed by atoms with Crippen molar-refractivity contribution >= 4 is 11.8 Å². The number of rotatable bonds is 7. The average Bonchev–Trinajstić information content (AvgIpc) is 2.48. The number of nitrogens with one attached hydrogen (secondary N) is 1. The molecule has 1 atom stereocenters. The molecule has 1 aromatic carbocycles. The maximum absolute atomic E-state index is 13.4. The molecule has 1 nitrogen and oxygen atoms in total. The molecule has 1 aliphatic carbocycles. The van der Waals surface area contributed by atoms with Crippen LogP contribution in [0.1, 0.15) is 57.1 Å². The van der Waals surface area contributed by atoms with Crippen molar-refractivity contribution in [1.29, 1.82) is 0 Å². The molecule has 0 spiro atoms. The average molecular weight is 295 g/mol. The fraction of sp³-hybridized carbons (Fsp3) is 0.647. The Morgan fingerprint density at radius 1 is 1.30 bits per heavy atom. The lowest BCUT2D eigenvalue weighted by Gasteiger charge is -2.25. The fourth-order valence-corrected chi connectivity index (χ4v) is 4.22. The number of thioether (sulfide) groups is 1. The zero-order chi connectivity index (χ0) is 14.2. The van der Waals surface area contributed by atoms with Crippen molar-refractivity contribution in [2.45, 2.75) is 56.7 Å². The molecule has 20 heavy (non-hydrogen) atoms. The van der Waals surface area contributed by atoms with Gasteiger partial charge in [0.05, 0.1) is 0 Å². The summed E-state index contributed by atoms with van der Waals surface area (Å²) in [5.41, 5.74) is 1.08. The molecule has 1 N–H and O–H groups in total. The van der Waals surface area contributed by atoms with Crippen molar-refractivity contribution in [1.82, 2.24) is 5.32 Å². The predicted octanol–water partition coefficient (Wildman–Crippen LogP) is 4.93. The van der Waals surface area contributed by atoms with Crippen LogP contribution in [-0.2, 0) is 0 Å². The van der Waals surface area contributed by atoms with Crippen molar-refractivity contribution in [2.75, 3.05) is 12.3 Å². The van der Waals surface area contributed by atoms with Gasteiger partial charge in [-0.15, -0.1) is 0 Å². The van der Waals surface area contributed by atoms with Crippen LogP contribution >= 0.6 is 11.8 Å². The van der Waals surface area contributed by atoms with Gasteiger partial charge in [0.15, 0.2) is 0 Å². The lowest BCUT2D eigenvalue weighted by molar-refractivity contribution is 0.513. The minimum atomic E-state index is -0.131. The summed E-state index contributed by atoms with van der Waals surface area (Å²) < 4.78 is 13.4. The molecular formula is C17H26FNS. The topological polar surface area (TPSA) is 12.0 Å². The third kappa shape index (κ3) is 5.10. The molecule has 0 heterocycles. The van der Waals surface area contributed by atoms with Gasteiger partial charge in [-0.3, -0.25) is 0 Å². The van der Waals surface area contributed by atoms with Crippen molar-refractivity contribution in [2.24, 2.45) is 0 Å². The SMILES string of the molecule is CCCNC(CSC1CCCCC1)c1cccc(F)c1. The molecule has 0 aliphatic heterocycles. The molecule has 1 fully saturated rings. The van der Waals surface area contributed by atoms with Gasteiger partial charge in [0, 0.05) is 17.0 Å². The first-order chi connectivity index (χ1) is 9.79. The van der Waals surface area contributed by atoms with E-state index in [0.717, 1.165) is 29.5 Å². The first-order valence-corrected chi connectivity index (χ1v) is 8.95. The van der Waals surface area contributed by atoms with E-state index in [1.807, 2.05) is 12.1 Å². The molecule has 1 aromatic rings. The van der Waals surface area contributed by atoms with Gasteiger partial charge < -0.3 is 5.32 Å². The van der Waals surface area contributed by atoms with Crippen molar-refractivity contribution in [3.05, 3.63) is 35.6 Å². The monoisotopic (exact) mass is 295 g/mol. The Morgan fingerprint density at radius 3 is 2.80 bits per heavy atom. The predicted molar refractivity (Wildman–Crippen MR) is 86.8 cm³/mol. The van der Waals surface area contributed by atoms with Gasteiger partial charge in [-0.1, -0.05) is 38.3 Å². The lowest BCUT2D eigenvalue weighted by atomic mass is 10.0. The van der Waals surface area contributed by atoms with Crippen LogP contribution in [0.15, 0.2) is 24.3 Å². The Balaban J connectivity index is 1.92. The van der Waals surface area contributed by atoms with E-state index >= 15 is 0 Å². The highest BCUT2D eigenvalue weighted by Crippen LogP contribution is 2.31. The third-order valence-corrected chi connectivity index (χ3v) is 5.41. The molecule has 0 amide bonds. The minimum absolute atomic E-state index is 0.131. The van der Waals surface area contributed by atoms with Gasteiger partial charge in [-0.25, -0.2) is 4.39 Å². The van der Waals surface area contributed by atoms with E-state index in [0.29, 0.717) is 0 Å². The molecule has 0 saturated heterocycles. The highest BCUT2D eigenvalue weighted by atomic mass is 32.2. The number of hydrogen-bond acceptors (Lipinski definition) is 2. The van der Waals surface area contributed by atoms with E-state index in [1.165, 1.54) is 38.2 Å². The zero-order valence-corrected chi connectivity index (χ0v) is 13.2. The van der Waals surface area contributed by atoms with Crippen molar-refractivity contribution in [3.63, 3.8) is 0 Å². The molecule has 112 valence electrons. The number of benzene rings is 1. The van der Waals surface area contributed by atoms with Crippen LogP contribution in [0.25, 0.3) is 0 Å². The van der Waals surface area contributed by atoms with Gasteiger partial charge in [-0.2, -0.15) is 11.8 Å². The lowest BCUT2D eigenvalue weighted by Crippen LogP contribution is -2.25. The molecule has 0 aromatic heterocycles. The van der Waals surface area contributed by atoms with E-state index < -0.39 is 0 Å². The van der Waals surface area contributed by atoms with Crippen LogP contribution in [-0.4, -0.2) is 17.5 Å². The number of hydrogen-bond donors (Lipinski definition) is 1. The summed E-state index contributed by atoms with van der Waals surface area (Å²) in [6.07, 6.45) is 7.98. The van der Waals surface area contributed by atoms with E-state index in [2.05, 4.69) is 24.0 Å². The normalized spacial score (nSPS) is 18.1. The van der Waals surface area contributed by atoms with Gasteiger partial charge in [-0.05, 0) is 43.5 Å². The Kier molecular flexibility index (Phi) is 6.88. The second-order valence-electron chi connectivity index (χ2n) is 5.66. The summed E-state index contributed by atoms with van der Waals surface area (Å²) in [4.78, 5) is 0. The first kappa shape index (κ1) is 15.8. The maximum atomic E-state index is 13.4. The summed E-state index contributed by atoms with van der Waals surface area (Å²) in [6, 6.07) is 7.33. The zero-order valence-electron chi connectivity index (χ0n) is 12.4. The molecule has 0 bridgehead atoms. The molecule has 1 saturated carbocycles. The van der Waals surface area contributed by atoms with Crippen LogP contribution in [0.4, 0.5) is 4.39 Å². The summed E-state index contributed by atoms with van der Waals surface area (Å²) in [5.74, 6) is 0.919. The Bertz CT molecular complexity index is 390. The Hall–Kier alpha value is -0.540. The van der Waals surface area contributed by atoms with E-state index in [9.17, 15) is 4.39 Å². The van der Waals surface area contributed by atoms with Crippen LogP contribution in [0.5, 0.6) is 0 Å². The van der Waals surface area contributed by atoms with Crippen LogP contribution < -0.4 is 5.32 Å². The number of halogens is 1. The molecular weight excluding hydrogens is 269 g/mol. The third-order valence-electron chi connectivity index (χ3n) is 3.94. The van der Waals surface area contributed by atoms with E-state index in [-0.39, 0.29) is 11.9 Å². The molecule has 1 unspecified atom stereocenters.